The molecule has 6 nitrogen and oxygen atoms in total. The van der Waals surface area contributed by atoms with Crippen molar-refractivity contribution >= 4 is 12.0 Å². The van der Waals surface area contributed by atoms with E-state index < -0.39 is 6.09 Å². The van der Waals surface area contributed by atoms with Gasteiger partial charge < -0.3 is 19.7 Å². The lowest BCUT2D eigenvalue weighted by molar-refractivity contribution is 0.0776. The number of fused-ring (bicyclic) bond motifs is 1. The average Bonchev–Trinajstić information content (AvgIpc) is 2.89. The van der Waals surface area contributed by atoms with Gasteiger partial charge in [0.15, 0.2) is 0 Å². The summed E-state index contributed by atoms with van der Waals surface area (Å²) >= 11 is 0. The van der Waals surface area contributed by atoms with E-state index >= 15 is 0 Å². The number of alkyl carbamates (subject to hydrolysis) is 1. The summed E-state index contributed by atoms with van der Waals surface area (Å²) in [5, 5.41) is 2.68. The predicted molar refractivity (Wildman–Crippen MR) is 91.2 cm³/mol. The quantitative estimate of drug-likeness (QED) is 0.705. The van der Waals surface area contributed by atoms with Crippen LogP contribution in [0, 0.1) is 0 Å². The maximum Gasteiger partial charge on any atom is 0.407 e. The van der Waals surface area contributed by atoms with Gasteiger partial charge >= 0.3 is 6.09 Å². The normalized spacial score (nSPS) is 12.9. The van der Waals surface area contributed by atoms with Crippen LogP contribution in [0.4, 0.5) is 4.79 Å². The largest absolute Gasteiger partial charge is 0.494 e. The maximum absolute atomic E-state index is 12.4. The summed E-state index contributed by atoms with van der Waals surface area (Å²) in [7, 11) is 0. The molecule has 0 aliphatic carbocycles. The summed E-state index contributed by atoms with van der Waals surface area (Å²) in [5.74, 6) is 0.705. The molecule has 0 bridgehead atoms. The molecule has 0 spiro atoms. The molecule has 0 radical (unpaired) electrons. The molecular weight excluding hydrogens is 308 g/mol. The van der Waals surface area contributed by atoms with E-state index in [-0.39, 0.29) is 5.91 Å². The minimum atomic E-state index is -0.428. The van der Waals surface area contributed by atoms with E-state index in [4.69, 9.17) is 9.47 Å². The van der Waals surface area contributed by atoms with Crippen LogP contribution in [-0.4, -0.2) is 43.2 Å². The Morgan fingerprint density at radius 3 is 2.83 bits per heavy atom. The van der Waals surface area contributed by atoms with Crippen molar-refractivity contribution in [3.63, 3.8) is 0 Å². The van der Waals surface area contributed by atoms with E-state index in [1.165, 1.54) is 0 Å². The van der Waals surface area contributed by atoms with Gasteiger partial charge in [0.2, 0.25) is 0 Å². The van der Waals surface area contributed by atoms with Crippen molar-refractivity contribution in [1.82, 2.24) is 10.2 Å². The number of carbonyl (C=O) groups excluding carboxylic acids is 2. The zero-order chi connectivity index (χ0) is 17.4. The van der Waals surface area contributed by atoms with Crippen LogP contribution >= 0.6 is 0 Å². The monoisotopic (exact) mass is 334 g/mol. The molecule has 132 valence electrons. The number of rotatable bonds is 9. The zero-order valence-electron chi connectivity index (χ0n) is 14.5. The Kier molecular flexibility index (Phi) is 6.90. The van der Waals surface area contributed by atoms with Gasteiger partial charge in [-0.2, -0.15) is 0 Å². The van der Waals surface area contributed by atoms with E-state index in [0.717, 1.165) is 30.6 Å². The lowest BCUT2D eigenvalue weighted by Crippen LogP contribution is -2.35. The third-order valence-electron chi connectivity index (χ3n) is 3.82. The molecule has 0 fully saturated rings. The number of unbranched alkanes of at least 4 members (excludes halogenated alkanes) is 1. The first-order valence-corrected chi connectivity index (χ1v) is 8.61. The Balaban J connectivity index is 1.80. The zero-order valence-corrected chi connectivity index (χ0v) is 14.5. The molecule has 1 aliphatic heterocycles. The van der Waals surface area contributed by atoms with Crippen LogP contribution in [0.2, 0.25) is 0 Å². The maximum atomic E-state index is 12.4. The van der Waals surface area contributed by atoms with Gasteiger partial charge in [0, 0.05) is 25.2 Å². The van der Waals surface area contributed by atoms with Gasteiger partial charge in [-0.3, -0.25) is 4.79 Å². The van der Waals surface area contributed by atoms with E-state index in [9.17, 15) is 9.59 Å². The van der Waals surface area contributed by atoms with Gasteiger partial charge in [0.05, 0.1) is 13.2 Å². The van der Waals surface area contributed by atoms with Crippen molar-refractivity contribution < 1.29 is 19.1 Å². The molecule has 2 amide bonds. The second kappa shape index (κ2) is 9.15. The molecule has 0 saturated carbocycles. The Bertz CT molecular complexity index is 574. The predicted octanol–water partition coefficient (Wildman–Crippen LogP) is 2.96. The fourth-order valence-corrected chi connectivity index (χ4v) is 2.48. The van der Waals surface area contributed by atoms with E-state index in [1.54, 1.807) is 11.0 Å². The molecular formula is C18H26N2O4. The van der Waals surface area contributed by atoms with E-state index in [0.29, 0.717) is 38.4 Å². The molecule has 1 aromatic rings. The van der Waals surface area contributed by atoms with Crippen LogP contribution in [-0.2, 0) is 11.3 Å². The van der Waals surface area contributed by atoms with Crippen molar-refractivity contribution in [2.75, 3.05) is 26.3 Å². The molecule has 0 unspecified atom stereocenters. The SMILES string of the molecule is CCCCOC(=O)NCCN1Cc2ccc(OCCC)cc2C1=O. The van der Waals surface area contributed by atoms with Crippen LogP contribution < -0.4 is 10.1 Å². The number of hydrogen-bond donors (Lipinski definition) is 1. The third-order valence-corrected chi connectivity index (χ3v) is 3.82. The molecule has 24 heavy (non-hydrogen) atoms. The van der Waals surface area contributed by atoms with Gasteiger partial charge in [0.25, 0.3) is 5.91 Å². The fraction of sp³-hybridized carbons (Fsp3) is 0.556. The van der Waals surface area contributed by atoms with Gasteiger partial charge in [-0.1, -0.05) is 26.3 Å². The van der Waals surface area contributed by atoms with Crippen molar-refractivity contribution in [2.24, 2.45) is 0 Å². The van der Waals surface area contributed by atoms with Crippen molar-refractivity contribution in [2.45, 2.75) is 39.7 Å². The molecule has 0 atom stereocenters. The number of ether oxygens (including phenoxy) is 2. The first-order chi connectivity index (χ1) is 11.7. The Morgan fingerprint density at radius 2 is 2.08 bits per heavy atom. The minimum Gasteiger partial charge on any atom is -0.494 e. The van der Waals surface area contributed by atoms with Gasteiger partial charge in [-0.15, -0.1) is 0 Å². The van der Waals surface area contributed by atoms with Crippen LogP contribution in [0.15, 0.2) is 18.2 Å². The number of nitrogens with zero attached hydrogens (tertiary/aromatic N) is 1. The van der Waals surface area contributed by atoms with Crippen LogP contribution in [0.1, 0.15) is 49.0 Å². The van der Waals surface area contributed by atoms with E-state index in [2.05, 4.69) is 5.32 Å². The highest BCUT2D eigenvalue weighted by atomic mass is 16.5. The number of benzene rings is 1. The smallest absolute Gasteiger partial charge is 0.407 e. The number of carbonyl (C=O) groups is 2. The Morgan fingerprint density at radius 1 is 1.25 bits per heavy atom. The summed E-state index contributed by atoms with van der Waals surface area (Å²) in [6.45, 7) is 6.55. The molecule has 6 heteroatoms. The topological polar surface area (TPSA) is 67.9 Å². The van der Waals surface area contributed by atoms with Crippen molar-refractivity contribution in [3.05, 3.63) is 29.3 Å². The molecule has 1 heterocycles. The highest BCUT2D eigenvalue weighted by molar-refractivity contribution is 5.98. The lowest BCUT2D eigenvalue weighted by Gasteiger charge is -2.15. The van der Waals surface area contributed by atoms with Crippen LogP contribution in [0.25, 0.3) is 0 Å². The average molecular weight is 334 g/mol. The first kappa shape index (κ1) is 18.1. The Hall–Kier alpha value is -2.24. The molecule has 0 saturated heterocycles. The highest BCUT2D eigenvalue weighted by Gasteiger charge is 2.27. The summed E-state index contributed by atoms with van der Waals surface area (Å²) in [6.07, 6.45) is 2.34. The van der Waals surface area contributed by atoms with Crippen molar-refractivity contribution in [3.8, 4) is 5.75 Å². The van der Waals surface area contributed by atoms with Gasteiger partial charge in [0.1, 0.15) is 5.75 Å². The second-order valence-corrected chi connectivity index (χ2v) is 5.81. The van der Waals surface area contributed by atoms with Gasteiger partial charge in [-0.25, -0.2) is 4.79 Å². The number of amides is 2. The molecule has 1 aliphatic rings. The number of nitrogens with one attached hydrogen (secondary N) is 1. The molecule has 1 N–H and O–H groups in total. The standard InChI is InChI=1S/C18H26N2O4/c1-3-5-11-24-18(22)19-8-9-20-13-14-6-7-15(23-10-4-2)12-16(14)17(20)21/h6-7,12H,3-5,8-11,13H2,1-2H3,(H,19,22). The third kappa shape index (κ3) is 4.88. The fourth-order valence-electron chi connectivity index (χ4n) is 2.48. The molecule has 0 aromatic heterocycles. The molecule has 1 aromatic carbocycles. The second-order valence-electron chi connectivity index (χ2n) is 5.81. The summed E-state index contributed by atoms with van der Waals surface area (Å²) < 4.78 is 10.6. The summed E-state index contributed by atoms with van der Waals surface area (Å²) in [6, 6.07) is 5.64. The summed E-state index contributed by atoms with van der Waals surface area (Å²) in [5.41, 5.74) is 1.68. The first-order valence-electron chi connectivity index (χ1n) is 8.61. The van der Waals surface area contributed by atoms with Crippen molar-refractivity contribution in [1.29, 1.82) is 0 Å². The highest BCUT2D eigenvalue weighted by Crippen LogP contribution is 2.26. The van der Waals surface area contributed by atoms with E-state index in [1.807, 2.05) is 26.0 Å². The minimum absolute atomic E-state index is 0.0203. The van der Waals surface area contributed by atoms with Crippen LogP contribution in [0.5, 0.6) is 5.75 Å². The lowest BCUT2D eigenvalue weighted by atomic mass is 10.1. The van der Waals surface area contributed by atoms with Gasteiger partial charge in [-0.05, 0) is 30.5 Å². The van der Waals surface area contributed by atoms with Crippen LogP contribution in [0.3, 0.4) is 0 Å². The molecule has 2 rings (SSSR count). The summed E-state index contributed by atoms with van der Waals surface area (Å²) in [4.78, 5) is 25.6. The number of hydrogen-bond acceptors (Lipinski definition) is 4. The Labute approximate surface area is 143 Å².